The standard InChI is InChI=1S/C24H17Cl2F3N2O7S/c1-13(22(32)30-39(2,36)17-7-4-15(25)5-8-17)37-23(33)18-12-16(6-9-20(18)31(34)35)38-21-10-3-14(11-19(21)26)24(27,28)29/h3-13H,2H2,1H3,(H,30,32,36). The summed E-state index contributed by atoms with van der Waals surface area (Å²) in [7, 11) is -3.36. The van der Waals surface area contributed by atoms with Crippen LogP contribution in [0.4, 0.5) is 18.9 Å². The number of alkyl halides is 3. The third-order valence-electron chi connectivity index (χ3n) is 4.98. The minimum absolute atomic E-state index is 0.140. The van der Waals surface area contributed by atoms with Crippen LogP contribution < -0.4 is 9.46 Å². The fourth-order valence-corrected chi connectivity index (χ4v) is 4.55. The number of esters is 1. The minimum Gasteiger partial charge on any atom is -0.456 e. The summed E-state index contributed by atoms with van der Waals surface area (Å²) in [6, 6.07) is 10.8. The van der Waals surface area contributed by atoms with Crippen LogP contribution in [0.5, 0.6) is 11.5 Å². The smallest absolute Gasteiger partial charge is 0.416 e. The molecule has 0 radical (unpaired) electrons. The zero-order chi connectivity index (χ0) is 29.1. The molecule has 1 amide bonds. The minimum atomic E-state index is -4.65. The van der Waals surface area contributed by atoms with E-state index in [1.54, 1.807) is 0 Å². The van der Waals surface area contributed by atoms with E-state index in [1.807, 2.05) is 0 Å². The lowest BCUT2D eigenvalue weighted by molar-refractivity contribution is -0.385. The molecule has 1 N–H and O–H groups in total. The van der Waals surface area contributed by atoms with Crippen molar-refractivity contribution in [1.82, 2.24) is 4.72 Å². The molecule has 39 heavy (non-hydrogen) atoms. The van der Waals surface area contributed by atoms with Gasteiger partial charge in [-0.25, -0.2) is 9.00 Å². The summed E-state index contributed by atoms with van der Waals surface area (Å²) in [6.07, 6.45) is -6.22. The molecule has 0 saturated carbocycles. The first-order chi connectivity index (χ1) is 18.1. The van der Waals surface area contributed by atoms with Gasteiger partial charge in [0, 0.05) is 22.1 Å². The van der Waals surface area contributed by atoms with Crippen LogP contribution in [0.1, 0.15) is 22.8 Å². The van der Waals surface area contributed by atoms with Gasteiger partial charge in [0.25, 0.3) is 11.6 Å². The molecule has 0 spiro atoms. The van der Waals surface area contributed by atoms with E-state index in [1.165, 1.54) is 24.3 Å². The van der Waals surface area contributed by atoms with Crippen molar-refractivity contribution in [2.24, 2.45) is 0 Å². The van der Waals surface area contributed by atoms with E-state index in [-0.39, 0.29) is 16.4 Å². The molecule has 15 heteroatoms. The molecule has 9 nitrogen and oxygen atoms in total. The molecule has 3 rings (SSSR count). The Morgan fingerprint density at radius 2 is 1.72 bits per heavy atom. The monoisotopic (exact) mass is 604 g/mol. The van der Waals surface area contributed by atoms with Gasteiger partial charge >= 0.3 is 12.1 Å². The molecule has 2 atom stereocenters. The molecule has 0 bridgehead atoms. The van der Waals surface area contributed by atoms with Crippen molar-refractivity contribution in [1.29, 1.82) is 0 Å². The van der Waals surface area contributed by atoms with Crippen molar-refractivity contribution in [3.05, 3.63) is 92.0 Å². The third kappa shape index (κ3) is 7.40. The summed E-state index contributed by atoms with van der Waals surface area (Å²) < 4.78 is 64.1. The van der Waals surface area contributed by atoms with Crippen LogP contribution in [-0.2, 0) is 25.4 Å². The fourth-order valence-electron chi connectivity index (χ4n) is 3.02. The predicted molar refractivity (Wildman–Crippen MR) is 138 cm³/mol. The van der Waals surface area contributed by atoms with Crippen molar-refractivity contribution in [3.8, 4) is 11.5 Å². The van der Waals surface area contributed by atoms with E-state index in [0.29, 0.717) is 17.2 Å². The van der Waals surface area contributed by atoms with Gasteiger partial charge in [-0.1, -0.05) is 23.2 Å². The highest BCUT2D eigenvalue weighted by atomic mass is 35.5. The van der Waals surface area contributed by atoms with Gasteiger partial charge in [-0.15, -0.1) is 0 Å². The van der Waals surface area contributed by atoms with Gasteiger partial charge in [0.2, 0.25) is 0 Å². The van der Waals surface area contributed by atoms with Crippen molar-refractivity contribution in [3.63, 3.8) is 0 Å². The van der Waals surface area contributed by atoms with Crippen LogP contribution in [0.2, 0.25) is 10.0 Å². The van der Waals surface area contributed by atoms with Gasteiger partial charge < -0.3 is 9.47 Å². The van der Waals surface area contributed by atoms with Crippen molar-refractivity contribution in [2.75, 3.05) is 0 Å². The number of nitro benzene ring substituents is 1. The molecule has 0 saturated heterocycles. The Kier molecular flexibility index (Phi) is 8.78. The molecule has 2 unspecified atom stereocenters. The molecular weight excluding hydrogens is 588 g/mol. The Labute approximate surface area is 229 Å². The number of hydrogen-bond acceptors (Lipinski definition) is 7. The first-order valence-corrected chi connectivity index (χ1v) is 13.1. The number of nitrogens with one attached hydrogen (secondary N) is 1. The average molecular weight is 605 g/mol. The lowest BCUT2D eigenvalue weighted by Crippen LogP contribution is -2.39. The second-order valence-corrected chi connectivity index (χ2v) is 10.7. The van der Waals surface area contributed by atoms with Gasteiger partial charge in [0.05, 0.1) is 25.2 Å². The quantitative estimate of drug-likeness (QED) is 0.143. The number of rotatable bonds is 8. The average Bonchev–Trinajstić information content (AvgIpc) is 2.84. The normalized spacial score (nSPS) is 13.6. The van der Waals surface area contributed by atoms with Crippen LogP contribution in [0.3, 0.4) is 0 Å². The molecule has 0 fully saturated rings. The Morgan fingerprint density at radius 3 is 2.28 bits per heavy atom. The zero-order valence-corrected chi connectivity index (χ0v) is 22.0. The van der Waals surface area contributed by atoms with Gasteiger partial charge in [-0.3, -0.25) is 19.6 Å². The maximum atomic E-state index is 12.9. The SMILES string of the molecule is C=S(=O)(NC(=O)C(C)OC(=O)c1cc(Oc2ccc(C(F)(F)F)cc2Cl)ccc1[N+](=O)[O-])c1ccc(Cl)cc1. The van der Waals surface area contributed by atoms with Gasteiger partial charge in [0.15, 0.2) is 6.10 Å². The van der Waals surface area contributed by atoms with Crippen LogP contribution in [0.25, 0.3) is 0 Å². The first-order valence-electron chi connectivity index (χ1n) is 10.6. The van der Waals surface area contributed by atoms with Gasteiger partial charge in [0.1, 0.15) is 17.1 Å². The van der Waals surface area contributed by atoms with E-state index in [2.05, 4.69) is 10.6 Å². The molecule has 3 aromatic carbocycles. The second kappa shape index (κ2) is 11.5. The van der Waals surface area contributed by atoms with E-state index in [0.717, 1.165) is 31.2 Å². The number of benzene rings is 3. The van der Waals surface area contributed by atoms with Crippen LogP contribution >= 0.6 is 23.2 Å². The fraction of sp³-hybridized carbons (Fsp3) is 0.125. The van der Waals surface area contributed by atoms with Crippen molar-refractivity contribution in [2.45, 2.75) is 24.1 Å². The highest BCUT2D eigenvalue weighted by molar-refractivity contribution is 7.99. The van der Waals surface area contributed by atoms with Crippen LogP contribution in [-0.4, -0.2) is 33.0 Å². The molecular formula is C24H17Cl2F3N2O7S. The number of amides is 1. The zero-order valence-electron chi connectivity index (χ0n) is 19.7. The number of carbonyl (C=O) groups excluding carboxylic acids is 2. The van der Waals surface area contributed by atoms with Crippen molar-refractivity contribution >= 4 is 56.3 Å². The van der Waals surface area contributed by atoms with Gasteiger partial charge in [-0.2, -0.15) is 13.2 Å². The summed E-state index contributed by atoms with van der Waals surface area (Å²) in [5.41, 5.74) is -2.36. The number of halogens is 5. The maximum Gasteiger partial charge on any atom is 0.416 e. The number of nitro groups is 1. The Bertz CT molecular complexity index is 1550. The molecule has 0 aliphatic heterocycles. The topological polar surface area (TPSA) is 125 Å². The highest BCUT2D eigenvalue weighted by Gasteiger charge is 2.31. The lowest BCUT2D eigenvalue weighted by Gasteiger charge is -2.17. The van der Waals surface area contributed by atoms with Gasteiger partial charge in [-0.05, 0) is 61.3 Å². The Hall–Kier alpha value is -3.81. The van der Waals surface area contributed by atoms with E-state index < -0.39 is 60.6 Å². The second-order valence-electron chi connectivity index (χ2n) is 7.82. The summed E-state index contributed by atoms with van der Waals surface area (Å²) >= 11 is 11.7. The molecule has 0 aliphatic rings. The Balaban J connectivity index is 1.80. The lowest BCUT2D eigenvalue weighted by atomic mass is 10.1. The third-order valence-corrected chi connectivity index (χ3v) is 7.10. The predicted octanol–water partition coefficient (Wildman–Crippen LogP) is 6.06. The van der Waals surface area contributed by atoms with Crippen molar-refractivity contribution < 1.29 is 41.4 Å². The number of hydrogen-bond donors (Lipinski definition) is 1. The first kappa shape index (κ1) is 29.7. The summed E-state index contributed by atoms with van der Waals surface area (Å²) in [5.74, 6) is 0.735. The van der Waals surface area contributed by atoms with E-state index in [4.69, 9.17) is 32.7 Å². The summed E-state index contributed by atoms with van der Waals surface area (Å²) in [5, 5.41) is 11.4. The maximum absolute atomic E-state index is 12.9. The molecule has 3 aromatic rings. The highest BCUT2D eigenvalue weighted by Crippen LogP contribution is 2.37. The van der Waals surface area contributed by atoms with Crippen LogP contribution in [0, 0.1) is 10.1 Å². The number of ether oxygens (including phenoxy) is 2. The Morgan fingerprint density at radius 1 is 1.08 bits per heavy atom. The largest absolute Gasteiger partial charge is 0.456 e. The molecule has 0 aromatic heterocycles. The van der Waals surface area contributed by atoms with E-state index in [9.17, 15) is 37.1 Å². The number of nitrogens with zero attached hydrogens (tertiary/aromatic N) is 1. The number of carbonyl (C=O) groups is 2. The van der Waals surface area contributed by atoms with E-state index >= 15 is 0 Å². The molecule has 0 heterocycles. The molecule has 206 valence electrons. The summed E-state index contributed by atoms with van der Waals surface area (Å²) in [4.78, 5) is 36.0. The molecule has 0 aliphatic carbocycles. The van der Waals surface area contributed by atoms with Crippen LogP contribution in [0.15, 0.2) is 65.6 Å². The summed E-state index contributed by atoms with van der Waals surface area (Å²) in [6.45, 7) is 1.14.